The second kappa shape index (κ2) is 6.15. The SMILES string of the molecule is CNC(=O)c1cccc(C2CCCN(C(C)C)C2)n1. The third-order valence-electron chi connectivity index (χ3n) is 3.83. The van der Waals surface area contributed by atoms with E-state index in [-0.39, 0.29) is 5.91 Å². The molecule has 0 radical (unpaired) electrons. The monoisotopic (exact) mass is 261 g/mol. The van der Waals surface area contributed by atoms with Crippen LogP contribution in [0.5, 0.6) is 0 Å². The molecule has 4 heteroatoms. The van der Waals surface area contributed by atoms with Gasteiger partial charge >= 0.3 is 0 Å². The Morgan fingerprint density at radius 2 is 2.26 bits per heavy atom. The van der Waals surface area contributed by atoms with E-state index in [0.29, 0.717) is 17.7 Å². The first-order chi connectivity index (χ1) is 9.11. The first-order valence-corrected chi connectivity index (χ1v) is 7.05. The molecule has 1 aromatic rings. The maximum atomic E-state index is 11.6. The van der Waals surface area contributed by atoms with Gasteiger partial charge in [-0.1, -0.05) is 6.07 Å². The second-order valence-corrected chi connectivity index (χ2v) is 5.45. The number of nitrogens with zero attached hydrogens (tertiary/aromatic N) is 2. The van der Waals surface area contributed by atoms with Gasteiger partial charge in [0.2, 0.25) is 0 Å². The molecule has 0 saturated carbocycles. The normalized spacial score (nSPS) is 20.5. The van der Waals surface area contributed by atoms with E-state index < -0.39 is 0 Å². The van der Waals surface area contributed by atoms with Gasteiger partial charge in [-0.05, 0) is 45.4 Å². The molecule has 1 unspecified atom stereocenters. The van der Waals surface area contributed by atoms with Crippen LogP contribution < -0.4 is 5.32 Å². The van der Waals surface area contributed by atoms with Crippen LogP contribution in [0.2, 0.25) is 0 Å². The molecule has 104 valence electrons. The number of nitrogens with one attached hydrogen (secondary N) is 1. The summed E-state index contributed by atoms with van der Waals surface area (Å²) in [6.45, 7) is 6.68. The lowest BCUT2D eigenvalue weighted by Gasteiger charge is -2.35. The van der Waals surface area contributed by atoms with Crippen LogP contribution in [0.15, 0.2) is 18.2 Å². The minimum atomic E-state index is -0.113. The summed E-state index contributed by atoms with van der Waals surface area (Å²) in [6.07, 6.45) is 2.36. The Kier molecular flexibility index (Phi) is 4.53. The first-order valence-electron chi connectivity index (χ1n) is 7.05. The maximum absolute atomic E-state index is 11.6. The third-order valence-corrected chi connectivity index (χ3v) is 3.83. The van der Waals surface area contributed by atoms with Crippen molar-refractivity contribution in [2.75, 3.05) is 20.1 Å². The van der Waals surface area contributed by atoms with E-state index in [0.717, 1.165) is 18.7 Å². The molecule has 1 amide bonds. The molecule has 4 nitrogen and oxygen atoms in total. The molecule has 1 fully saturated rings. The predicted molar refractivity (Wildman–Crippen MR) is 76.3 cm³/mol. The smallest absolute Gasteiger partial charge is 0.269 e. The Bertz CT molecular complexity index is 445. The fourth-order valence-electron chi connectivity index (χ4n) is 2.65. The summed E-state index contributed by atoms with van der Waals surface area (Å²) >= 11 is 0. The number of hydrogen-bond donors (Lipinski definition) is 1. The second-order valence-electron chi connectivity index (χ2n) is 5.45. The highest BCUT2D eigenvalue weighted by Crippen LogP contribution is 2.26. The number of pyridine rings is 1. The van der Waals surface area contributed by atoms with Crippen molar-refractivity contribution in [2.24, 2.45) is 0 Å². The molecule has 1 N–H and O–H groups in total. The highest BCUT2D eigenvalue weighted by atomic mass is 16.1. The maximum Gasteiger partial charge on any atom is 0.269 e. The fraction of sp³-hybridized carbons (Fsp3) is 0.600. The van der Waals surface area contributed by atoms with Crippen LogP contribution in [0.4, 0.5) is 0 Å². The fourth-order valence-corrected chi connectivity index (χ4v) is 2.65. The average Bonchev–Trinajstić information content (AvgIpc) is 2.46. The van der Waals surface area contributed by atoms with Crippen molar-refractivity contribution in [3.05, 3.63) is 29.6 Å². The molecule has 0 bridgehead atoms. The summed E-state index contributed by atoms with van der Waals surface area (Å²) in [5.41, 5.74) is 1.56. The summed E-state index contributed by atoms with van der Waals surface area (Å²) in [5, 5.41) is 2.63. The third kappa shape index (κ3) is 3.32. The Morgan fingerprint density at radius 1 is 1.47 bits per heavy atom. The Hall–Kier alpha value is -1.42. The predicted octanol–water partition coefficient (Wildman–Crippen LogP) is 2.03. The molecule has 19 heavy (non-hydrogen) atoms. The van der Waals surface area contributed by atoms with Gasteiger partial charge in [-0.3, -0.25) is 4.79 Å². The molecule has 0 aromatic carbocycles. The molecular weight excluding hydrogens is 238 g/mol. The minimum absolute atomic E-state index is 0.113. The average molecular weight is 261 g/mol. The number of aromatic nitrogens is 1. The number of amides is 1. The van der Waals surface area contributed by atoms with Gasteiger partial charge < -0.3 is 10.2 Å². The van der Waals surface area contributed by atoms with E-state index in [1.54, 1.807) is 13.1 Å². The van der Waals surface area contributed by atoms with Crippen LogP contribution in [-0.4, -0.2) is 42.0 Å². The topological polar surface area (TPSA) is 45.2 Å². The van der Waals surface area contributed by atoms with Crippen LogP contribution in [0.1, 0.15) is 48.8 Å². The van der Waals surface area contributed by atoms with Gasteiger partial charge in [0, 0.05) is 31.2 Å². The number of hydrogen-bond acceptors (Lipinski definition) is 3. The first kappa shape index (κ1) is 14.0. The summed E-state index contributed by atoms with van der Waals surface area (Å²) < 4.78 is 0. The van der Waals surface area contributed by atoms with Crippen molar-refractivity contribution in [3.8, 4) is 0 Å². The van der Waals surface area contributed by atoms with Gasteiger partial charge in [0.05, 0.1) is 0 Å². The van der Waals surface area contributed by atoms with E-state index in [1.165, 1.54) is 13.0 Å². The number of piperidine rings is 1. The van der Waals surface area contributed by atoms with Crippen LogP contribution in [0.3, 0.4) is 0 Å². The molecule has 1 aliphatic heterocycles. The zero-order chi connectivity index (χ0) is 13.8. The van der Waals surface area contributed by atoms with Crippen LogP contribution in [0.25, 0.3) is 0 Å². The van der Waals surface area contributed by atoms with Crippen LogP contribution >= 0.6 is 0 Å². The zero-order valence-electron chi connectivity index (χ0n) is 12.0. The number of likely N-dealkylation sites (tertiary alicyclic amines) is 1. The van der Waals surface area contributed by atoms with Gasteiger partial charge in [-0.25, -0.2) is 4.98 Å². The quantitative estimate of drug-likeness (QED) is 0.905. The van der Waals surface area contributed by atoms with Gasteiger partial charge in [0.25, 0.3) is 5.91 Å². The minimum Gasteiger partial charge on any atom is -0.354 e. The number of carbonyl (C=O) groups is 1. The van der Waals surface area contributed by atoms with Crippen LogP contribution in [0, 0.1) is 0 Å². The van der Waals surface area contributed by atoms with Crippen molar-refractivity contribution in [3.63, 3.8) is 0 Å². The summed E-state index contributed by atoms with van der Waals surface area (Å²) in [4.78, 5) is 18.6. The number of carbonyl (C=O) groups excluding carboxylic acids is 1. The molecule has 0 aliphatic carbocycles. The van der Waals surface area contributed by atoms with Crippen LogP contribution in [-0.2, 0) is 0 Å². The molecule has 2 rings (SSSR count). The largest absolute Gasteiger partial charge is 0.354 e. The van der Waals surface area contributed by atoms with Crippen molar-refractivity contribution in [1.82, 2.24) is 15.2 Å². The summed E-state index contributed by atoms with van der Waals surface area (Å²) in [7, 11) is 1.64. The summed E-state index contributed by atoms with van der Waals surface area (Å²) in [6, 6.07) is 6.32. The van der Waals surface area contributed by atoms with Crippen molar-refractivity contribution >= 4 is 5.91 Å². The van der Waals surface area contributed by atoms with E-state index in [1.807, 2.05) is 12.1 Å². The molecular formula is C15H23N3O. The lowest BCUT2D eigenvalue weighted by Crippen LogP contribution is -2.39. The highest BCUT2D eigenvalue weighted by Gasteiger charge is 2.24. The van der Waals surface area contributed by atoms with Gasteiger partial charge in [-0.2, -0.15) is 0 Å². The highest BCUT2D eigenvalue weighted by molar-refractivity contribution is 5.91. The van der Waals surface area contributed by atoms with Crippen molar-refractivity contribution in [1.29, 1.82) is 0 Å². The molecule has 1 aliphatic rings. The van der Waals surface area contributed by atoms with E-state index in [2.05, 4.69) is 29.0 Å². The van der Waals surface area contributed by atoms with Gasteiger partial charge in [0.15, 0.2) is 0 Å². The zero-order valence-corrected chi connectivity index (χ0v) is 12.0. The van der Waals surface area contributed by atoms with Gasteiger partial charge in [-0.15, -0.1) is 0 Å². The molecule has 1 aromatic heterocycles. The van der Waals surface area contributed by atoms with Crippen molar-refractivity contribution < 1.29 is 4.79 Å². The standard InChI is InChI=1S/C15H23N3O/c1-11(2)18-9-5-6-12(10-18)13-7-4-8-14(17-13)15(19)16-3/h4,7-8,11-12H,5-6,9-10H2,1-3H3,(H,16,19). The van der Waals surface area contributed by atoms with Crippen molar-refractivity contribution in [2.45, 2.75) is 38.6 Å². The van der Waals surface area contributed by atoms with E-state index >= 15 is 0 Å². The number of rotatable bonds is 3. The molecule has 1 saturated heterocycles. The lowest BCUT2D eigenvalue weighted by molar-refractivity contribution is 0.0957. The Balaban J connectivity index is 2.15. The van der Waals surface area contributed by atoms with E-state index in [9.17, 15) is 4.79 Å². The van der Waals surface area contributed by atoms with Gasteiger partial charge in [0.1, 0.15) is 5.69 Å². The lowest BCUT2D eigenvalue weighted by atomic mass is 9.93. The molecule has 1 atom stereocenters. The Morgan fingerprint density at radius 3 is 2.95 bits per heavy atom. The molecule has 2 heterocycles. The molecule has 0 spiro atoms. The Labute approximate surface area is 115 Å². The summed E-state index contributed by atoms with van der Waals surface area (Å²) in [5.74, 6) is 0.333. The van der Waals surface area contributed by atoms with E-state index in [4.69, 9.17) is 0 Å².